The maximum atomic E-state index is 9.57. The van der Waals surface area contributed by atoms with Gasteiger partial charge in [0.25, 0.3) is 0 Å². The second kappa shape index (κ2) is 8.74. The Balaban J connectivity index is 1.55. The molecular formula is C20H29N5O. The molecule has 6 nitrogen and oxygen atoms in total. The van der Waals surface area contributed by atoms with Crippen LogP contribution in [0.15, 0.2) is 41.7 Å². The van der Waals surface area contributed by atoms with Gasteiger partial charge in [0.05, 0.1) is 6.20 Å². The third-order valence-corrected chi connectivity index (χ3v) is 4.78. The van der Waals surface area contributed by atoms with Crippen molar-refractivity contribution in [3.05, 3.63) is 47.8 Å². The summed E-state index contributed by atoms with van der Waals surface area (Å²) in [6.45, 7) is 5.77. The Morgan fingerprint density at radius 1 is 1.38 bits per heavy atom. The van der Waals surface area contributed by atoms with Crippen molar-refractivity contribution in [1.29, 1.82) is 0 Å². The second-order valence-electron chi connectivity index (χ2n) is 6.98. The average molecular weight is 355 g/mol. The fraction of sp³-hybridized carbons (Fsp3) is 0.500. The number of hydrogen-bond donors (Lipinski definition) is 2. The molecule has 140 valence electrons. The Morgan fingerprint density at radius 2 is 2.27 bits per heavy atom. The maximum Gasteiger partial charge on any atom is 0.193 e. The lowest BCUT2D eigenvalue weighted by molar-refractivity contribution is 0.460. The summed E-state index contributed by atoms with van der Waals surface area (Å²) in [4.78, 5) is 7.17. The Labute approximate surface area is 155 Å². The second-order valence-corrected chi connectivity index (χ2v) is 6.98. The molecule has 1 saturated heterocycles. The van der Waals surface area contributed by atoms with Crippen LogP contribution in [0.25, 0.3) is 0 Å². The normalized spacial score (nSPS) is 17.7. The first-order valence-electron chi connectivity index (χ1n) is 9.42. The van der Waals surface area contributed by atoms with Crippen LogP contribution >= 0.6 is 0 Å². The molecule has 1 fully saturated rings. The molecule has 0 radical (unpaired) electrons. The van der Waals surface area contributed by atoms with Gasteiger partial charge in [0.1, 0.15) is 5.75 Å². The van der Waals surface area contributed by atoms with Crippen LogP contribution in [0.3, 0.4) is 0 Å². The van der Waals surface area contributed by atoms with Crippen molar-refractivity contribution >= 4 is 5.96 Å². The van der Waals surface area contributed by atoms with E-state index < -0.39 is 0 Å². The lowest BCUT2D eigenvalue weighted by atomic mass is 10.0. The topological polar surface area (TPSA) is 65.7 Å². The van der Waals surface area contributed by atoms with E-state index in [9.17, 15) is 5.11 Å². The van der Waals surface area contributed by atoms with E-state index in [2.05, 4.69) is 28.4 Å². The van der Waals surface area contributed by atoms with Crippen molar-refractivity contribution in [3.63, 3.8) is 0 Å². The molecule has 0 aliphatic carbocycles. The third kappa shape index (κ3) is 5.00. The zero-order valence-corrected chi connectivity index (χ0v) is 15.7. The highest BCUT2D eigenvalue weighted by Gasteiger charge is 2.25. The van der Waals surface area contributed by atoms with Gasteiger partial charge >= 0.3 is 0 Å². The smallest absolute Gasteiger partial charge is 0.193 e. The fourth-order valence-electron chi connectivity index (χ4n) is 3.53. The van der Waals surface area contributed by atoms with E-state index in [1.54, 1.807) is 6.07 Å². The van der Waals surface area contributed by atoms with Crippen molar-refractivity contribution in [2.75, 3.05) is 26.2 Å². The Hall–Kier alpha value is -2.50. The standard InChI is InChI=1S/C20H29N5O/c1-3-21-20(22-9-7-16-5-4-6-19(26)12-16)25-10-8-17(15-25)11-18-13-23-24(2)14-18/h4-6,12-14,17,26H,3,7-11,15H2,1-2H3,(H,21,22). The van der Waals surface area contributed by atoms with Gasteiger partial charge in [-0.15, -0.1) is 0 Å². The van der Waals surface area contributed by atoms with Crippen LogP contribution in [-0.4, -0.2) is 51.9 Å². The largest absolute Gasteiger partial charge is 0.508 e. The summed E-state index contributed by atoms with van der Waals surface area (Å²) in [6, 6.07) is 7.41. The summed E-state index contributed by atoms with van der Waals surface area (Å²) in [5, 5.41) is 17.3. The van der Waals surface area contributed by atoms with Crippen LogP contribution in [0.1, 0.15) is 24.5 Å². The van der Waals surface area contributed by atoms with E-state index in [-0.39, 0.29) is 0 Å². The predicted octanol–water partition coefficient (Wildman–Crippen LogP) is 2.20. The minimum atomic E-state index is 0.316. The van der Waals surface area contributed by atoms with Crippen LogP contribution < -0.4 is 5.32 Å². The highest BCUT2D eigenvalue weighted by molar-refractivity contribution is 5.80. The molecule has 1 aromatic heterocycles. The molecule has 0 bridgehead atoms. The van der Waals surface area contributed by atoms with Gasteiger partial charge in [-0.1, -0.05) is 12.1 Å². The summed E-state index contributed by atoms with van der Waals surface area (Å²) >= 11 is 0. The third-order valence-electron chi connectivity index (χ3n) is 4.78. The fourth-order valence-corrected chi connectivity index (χ4v) is 3.53. The van der Waals surface area contributed by atoms with Gasteiger partial charge in [0.15, 0.2) is 5.96 Å². The molecule has 2 aromatic rings. The number of aryl methyl sites for hydroxylation is 1. The van der Waals surface area contributed by atoms with Crippen LogP contribution in [-0.2, 0) is 19.9 Å². The molecule has 0 spiro atoms. The molecule has 2 N–H and O–H groups in total. The molecule has 2 heterocycles. The van der Waals surface area contributed by atoms with Gasteiger partial charge in [-0.2, -0.15) is 5.10 Å². The molecule has 1 aliphatic heterocycles. The highest BCUT2D eigenvalue weighted by atomic mass is 16.3. The number of rotatable bonds is 6. The first kappa shape index (κ1) is 18.3. The summed E-state index contributed by atoms with van der Waals surface area (Å²) in [7, 11) is 1.97. The van der Waals surface area contributed by atoms with Crippen LogP contribution in [0, 0.1) is 5.92 Å². The maximum absolute atomic E-state index is 9.57. The number of nitrogens with zero attached hydrogens (tertiary/aromatic N) is 4. The molecule has 0 saturated carbocycles. The Kier molecular flexibility index (Phi) is 6.15. The number of nitrogens with one attached hydrogen (secondary N) is 1. The quantitative estimate of drug-likeness (QED) is 0.616. The van der Waals surface area contributed by atoms with Crippen LogP contribution in [0.2, 0.25) is 0 Å². The molecule has 1 aromatic carbocycles. The zero-order valence-electron chi connectivity index (χ0n) is 15.7. The van der Waals surface area contributed by atoms with Gasteiger partial charge in [-0.3, -0.25) is 9.67 Å². The number of aliphatic imine (C=N–C) groups is 1. The zero-order chi connectivity index (χ0) is 18.4. The van der Waals surface area contributed by atoms with Gasteiger partial charge < -0.3 is 15.3 Å². The molecule has 1 unspecified atom stereocenters. The lowest BCUT2D eigenvalue weighted by Gasteiger charge is -2.21. The van der Waals surface area contributed by atoms with E-state index in [4.69, 9.17) is 4.99 Å². The van der Waals surface area contributed by atoms with E-state index in [1.807, 2.05) is 36.1 Å². The number of hydrogen-bond acceptors (Lipinski definition) is 3. The van der Waals surface area contributed by atoms with Crippen molar-refractivity contribution in [3.8, 4) is 5.75 Å². The van der Waals surface area contributed by atoms with E-state index in [1.165, 1.54) is 12.0 Å². The van der Waals surface area contributed by atoms with Crippen molar-refractivity contribution in [2.45, 2.75) is 26.2 Å². The number of likely N-dealkylation sites (tertiary alicyclic amines) is 1. The minimum absolute atomic E-state index is 0.316. The highest BCUT2D eigenvalue weighted by Crippen LogP contribution is 2.21. The van der Waals surface area contributed by atoms with Crippen molar-refractivity contribution < 1.29 is 5.11 Å². The number of benzene rings is 1. The van der Waals surface area contributed by atoms with Gasteiger partial charge in [-0.25, -0.2) is 0 Å². The number of phenols is 1. The first-order valence-corrected chi connectivity index (χ1v) is 9.42. The summed E-state index contributed by atoms with van der Waals surface area (Å²) in [5.74, 6) is 1.96. The molecule has 26 heavy (non-hydrogen) atoms. The SMILES string of the molecule is CCNC(=NCCc1cccc(O)c1)N1CCC(Cc2cnn(C)c2)C1. The van der Waals surface area contributed by atoms with Gasteiger partial charge in [0, 0.05) is 39.4 Å². The predicted molar refractivity (Wildman–Crippen MR) is 104 cm³/mol. The summed E-state index contributed by atoms with van der Waals surface area (Å²) < 4.78 is 1.87. The van der Waals surface area contributed by atoms with E-state index in [0.29, 0.717) is 11.7 Å². The molecule has 1 aliphatic rings. The number of aromatic hydroxyl groups is 1. The summed E-state index contributed by atoms with van der Waals surface area (Å²) in [6.07, 6.45) is 7.17. The first-order chi connectivity index (χ1) is 12.6. The molecular weight excluding hydrogens is 326 g/mol. The van der Waals surface area contributed by atoms with E-state index >= 15 is 0 Å². The van der Waals surface area contributed by atoms with Gasteiger partial charge in [-0.05, 0) is 55.4 Å². The molecule has 3 rings (SSSR count). The number of aromatic nitrogens is 2. The van der Waals surface area contributed by atoms with Crippen LogP contribution in [0.5, 0.6) is 5.75 Å². The molecule has 6 heteroatoms. The Morgan fingerprint density at radius 3 is 3.00 bits per heavy atom. The molecule has 0 amide bonds. The van der Waals surface area contributed by atoms with E-state index in [0.717, 1.165) is 50.5 Å². The van der Waals surface area contributed by atoms with Crippen molar-refractivity contribution in [1.82, 2.24) is 20.0 Å². The monoisotopic (exact) mass is 355 g/mol. The minimum Gasteiger partial charge on any atom is -0.508 e. The Bertz CT molecular complexity index is 739. The van der Waals surface area contributed by atoms with Crippen molar-refractivity contribution in [2.24, 2.45) is 18.0 Å². The van der Waals surface area contributed by atoms with Gasteiger partial charge in [0.2, 0.25) is 0 Å². The number of phenolic OH excluding ortho intramolecular Hbond substituents is 1. The lowest BCUT2D eigenvalue weighted by Crippen LogP contribution is -2.40. The molecule has 1 atom stereocenters. The average Bonchev–Trinajstić information content (AvgIpc) is 3.24. The summed E-state index contributed by atoms with van der Waals surface area (Å²) in [5.41, 5.74) is 2.42. The number of guanidine groups is 1. The van der Waals surface area contributed by atoms with Crippen LogP contribution in [0.4, 0.5) is 0 Å².